The number of rotatable bonds is 8. The molecule has 1 saturated heterocycles. The van der Waals surface area contributed by atoms with Gasteiger partial charge in [-0.3, -0.25) is 4.99 Å². The molecular formula is C17H32F3IN4O3S. The molecule has 2 fully saturated rings. The fourth-order valence-corrected chi connectivity index (χ4v) is 4.61. The summed E-state index contributed by atoms with van der Waals surface area (Å²) in [7, 11) is -3.56. The maximum absolute atomic E-state index is 12.7. The van der Waals surface area contributed by atoms with Crippen LogP contribution in [0.2, 0.25) is 0 Å². The van der Waals surface area contributed by atoms with Crippen LogP contribution in [0.1, 0.15) is 45.4 Å². The highest BCUT2D eigenvalue weighted by molar-refractivity contribution is 14.0. The van der Waals surface area contributed by atoms with Crippen molar-refractivity contribution in [1.29, 1.82) is 0 Å². The Morgan fingerprint density at radius 1 is 1.28 bits per heavy atom. The van der Waals surface area contributed by atoms with E-state index in [9.17, 15) is 21.6 Å². The Morgan fingerprint density at radius 2 is 1.90 bits per heavy atom. The van der Waals surface area contributed by atoms with Crippen LogP contribution in [-0.2, 0) is 14.8 Å². The second-order valence-corrected chi connectivity index (χ2v) is 9.49. The minimum Gasteiger partial charge on any atom is -0.385 e. The zero-order valence-electron chi connectivity index (χ0n) is 16.9. The van der Waals surface area contributed by atoms with Crippen molar-refractivity contribution in [2.24, 2.45) is 10.4 Å². The Hall–Kier alpha value is -0.340. The number of alkyl halides is 3. The number of methoxy groups -OCH3 is 1. The molecule has 0 aromatic heterocycles. The summed E-state index contributed by atoms with van der Waals surface area (Å²) in [5, 5.41) is 6.42. The van der Waals surface area contributed by atoms with Gasteiger partial charge in [-0.25, -0.2) is 8.42 Å². The molecule has 0 bridgehead atoms. The van der Waals surface area contributed by atoms with E-state index in [0.717, 1.165) is 19.3 Å². The lowest BCUT2D eigenvalue weighted by atomic mass is 9.67. The van der Waals surface area contributed by atoms with Gasteiger partial charge in [-0.05, 0) is 44.4 Å². The van der Waals surface area contributed by atoms with E-state index in [1.807, 2.05) is 6.92 Å². The monoisotopic (exact) mass is 556 g/mol. The maximum Gasteiger partial charge on any atom is 0.511 e. The summed E-state index contributed by atoms with van der Waals surface area (Å²) in [5.74, 6) is 0.628. The van der Waals surface area contributed by atoms with Crippen LogP contribution in [-0.4, -0.2) is 70.1 Å². The number of sulfonamides is 1. The van der Waals surface area contributed by atoms with Crippen LogP contribution < -0.4 is 10.6 Å². The number of piperidine rings is 1. The van der Waals surface area contributed by atoms with Crippen molar-refractivity contribution in [3.05, 3.63) is 0 Å². The van der Waals surface area contributed by atoms with Crippen molar-refractivity contribution in [2.75, 3.05) is 39.9 Å². The molecule has 0 unspecified atom stereocenters. The fourth-order valence-electron chi connectivity index (χ4n) is 3.63. The Balaban J connectivity index is 0.00000420. The summed E-state index contributed by atoms with van der Waals surface area (Å²) < 4.78 is 66.8. The van der Waals surface area contributed by atoms with Gasteiger partial charge < -0.3 is 15.4 Å². The summed E-state index contributed by atoms with van der Waals surface area (Å²) in [6, 6.07) is -0.117. The molecule has 12 heteroatoms. The third kappa shape index (κ3) is 7.10. The third-order valence-corrected chi connectivity index (χ3v) is 7.22. The lowest BCUT2D eigenvalue weighted by molar-refractivity contribution is -0.0494. The van der Waals surface area contributed by atoms with Gasteiger partial charge in [0, 0.05) is 45.9 Å². The summed E-state index contributed by atoms with van der Waals surface area (Å²) in [6.07, 6.45) is 4.98. The van der Waals surface area contributed by atoms with Crippen LogP contribution in [0.3, 0.4) is 0 Å². The second kappa shape index (κ2) is 11.3. The number of hydrogen-bond acceptors (Lipinski definition) is 4. The predicted octanol–water partition coefficient (Wildman–Crippen LogP) is 2.68. The largest absolute Gasteiger partial charge is 0.511 e. The van der Waals surface area contributed by atoms with Gasteiger partial charge in [0.1, 0.15) is 0 Å². The molecule has 1 saturated carbocycles. The Labute approximate surface area is 188 Å². The van der Waals surface area contributed by atoms with Crippen LogP contribution in [0.4, 0.5) is 13.2 Å². The number of ether oxygens (including phenoxy) is 1. The maximum atomic E-state index is 12.7. The summed E-state index contributed by atoms with van der Waals surface area (Å²) in [6.45, 7) is 3.67. The molecule has 2 N–H and O–H groups in total. The lowest BCUT2D eigenvalue weighted by Gasteiger charge is -2.41. The molecule has 0 atom stereocenters. The predicted molar refractivity (Wildman–Crippen MR) is 117 cm³/mol. The first-order chi connectivity index (χ1) is 13.1. The number of aliphatic imine (C=N–C) groups is 1. The zero-order valence-corrected chi connectivity index (χ0v) is 20.1. The molecule has 7 nitrogen and oxygen atoms in total. The Kier molecular flexibility index (Phi) is 10.4. The molecule has 29 heavy (non-hydrogen) atoms. The summed E-state index contributed by atoms with van der Waals surface area (Å²) >= 11 is 0. The van der Waals surface area contributed by atoms with Gasteiger partial charge >= 0.3 is 15.5 Å². The van der Waals surface area contributed by atoms with Crippen LogP contribution in [0.15, 0.2) is 4.99 Å². The SMILES string of the molecule is CCNC(=NCC1(CCOC)CCC1)NC1CCN(S(=O)(=O)C(F)(F)F)CC1.I. The number of guanidine groups is 1. The highest BCUT2D eigenvalue weighted by atomic mass is 127. The molecule has 0 amide bonds. The highest BCUT2D eigenvalue weighted by Gasteiger charge is 2.50. The van der Waals surface area contributed by atoms with E-state index in [1.54, 1.807) is 7.11 Å². The molecular weight excluding hydrogens is 524 g/mol. The normalized spacial score (nSPS) is 21.2. The van der Waals surface area contributed by atoms with Gasteiger partial charge in [0.15, 0.2) is 5.96 Å². The fraction of sp³-hybridized carbons (Fsp3) is 0.941. The molecule has 1 heterocycles. The van der Waals surface area contributed by atoms with Crippen LogP contribution in [0.25, 0.3) is 0 Å². The summed E-state index contributed by atoms with van der Waals surface area (Å²) in [4.78, 5) is 4.69. The average Bonchev–Trinajstić information content (AvgIpc) is 2.60. The Morgan fingerprint density at radius 3 is 2.34 bits per heavy atom. The smallest absolute Gasteiger partial charge is 0.385 e. The van der Waals surface area contributed by atoms with Crippen molar-refractivity contribution >= 4 is 40.0 Å². The molecule has 2 rings (SSSR count). The molecule has 2 aliphatic rings. The quantitative estimate of drug-likeness (QED) is 0.273. The van der Waals surface area contributed by atoms with Crippen molar-refractivity contribution in [2.45, 2.75) is 57.0 Å². The number of hydrogen-bond donors (Lipinski definition) is 2. The van der Waals surface area contributed by atoms with E-state index in [1.165, 1.54) is 6.42 Å². The molecule has 0 spiro atoms. The first-order valence-electron chi connectivity index (χ1n) is 9.74. The summed E-state index contributed by atoms with van der Waals surface area (Å²) in [5.41, 5.74) is -5.08. The van der Waals surface area contributed by atoms with E-state index in [-0.39, 0.29) is 48.5 Å². The topological polar surface area (TPSA) is 83.0 Å². The van der Waals surface area contributed by atoms with Gasteiger partial charge in [0.25, 0.3) is 0 Å². The van der Waals surface area contributed by atoms with E-state index in [0.29, 0.717) is 42.8 Å². The molecule has 172 valence electrons. The van der Waals surface area contributed by atoms with E-state index in [2.05, 4.69) is 15.6 Å². The minimum absolute atomic E-state index is 0. The molecule has 0 radical (unpaired) electrons. The van der Waals surface area contributed by atoms with Crippen molar-refractivity contribution in [3.63, 3.8) is 0 Å². The highest BCUT2D eigenvalue weighted by Crippen LogP contribution is 2.44. The third-order valence-electron chi connectivity index (χ3n) is 5.59. The molecule has 0 aromatic rings. The van der Waals surface area contributed by atoms with Crippen molar-refractivity contribution in [1.82, 2.24) is 14.9 Å². The van der Waals surface area contributed by atoms with Gasteiger partial charge in [-0.2, -0.15) is 17.5 Å². The van der Waals surface area contributed by atoms with Gasteiger partial charge in [0.2, 0.25) is 0 Å². The lowest BCUT2D eigenvalue weighted by Crippen LogP contribution is -2.52. The minimum atomic E-state index is -5.25. The first kappa shape index (κ1) is 26.7. The number of nitrogens with zero attached hydrogens (tertiary/aromatic N) is 2. The van der Waals surface area contributed by atoms with Crippen LogP contribution in [0.5, 0.6) is 0 Å². The standard InChI is InChI=1S/C17H31F3N4O3S.HI/c1-3-21-15(22-13-16(7-4-8-16)9-12-27-2)23-14-5-10-24(11-6-14)28(25,26)17(18,19)20;/h14H,3-13H2,1-2H3,(H2,21,22,23);1H. The van der Waals surface area contributed by atoms with Gasteiger partial charge in [0.05, 0.1) is 0 Å². The van der Waals surface area contributed by atoms with Gasteiger partial charge in [-0.15, -0.1) is 24.0 Å². The number of nitrogens with one attached hydrogen (secondary N) is 2. The second-order valence-electron chi connectivity index (χ2n) is 7.56. The van der Waals surface area contributed by atoms with E-state index in [4.69, 9.17) is 4.74 Å². The number of halogens is 4. The van der Waals surface area contributed by atoms with E-state index < -0.39 is 15.5 Å². The van der Waals surface area contributed by atoms with Crippen molar-refractivity contribution < 1.29 is 26.3 Å². The zero-order chi connectivity index (χ0) is 20.8. The first-order valence-corrected chi connectivity index (χ1v) is 11.2. The molecule has 0 aromatic carbocycles. The molecule has 1 aliphatic heterocycles. The van der Waals surface area contributed by atoms with Crippen molar-refractivity contribution in [3.8, 4) is 0 Å². The van der Waals surface area contributed by atoms with Gasteiger partial charge in [-0.1, -0.05) is 6.42 Å². The van der Waals surface area contributed by atoms with E-state index >= 15 is 0 Å². The average molecular weight is 556 g/mol. The van der Waals surface area contributed by atoms with Crippen LogP contribution >= 0.6 is 24.0 Å². The Bertz CT molecular complexity index is 634. The molecule has 1 aliphatic carbocycles. The van der Waals surface area contributed by atoms with Crippen LogP contribution in [0, 0.1) is 5.41 Å².